The molecule has 0 atom stereocenters. The van der Waals surface area contributed by atoms with Crippen LogP contribution in [0.5, 0.6) is 0 Å². The first-order valence-corrected chi connectivity index (χ1v) is 5.88. The molecular formula is C14H14F2N2O. The summed E-state index contributed by atoms with van der Waals surface area (Å²) in [6.07, 6.45) is 0.0197. The molecule has 0 saturated heterocycles. The summed E-state index contributed by atoms with van der Waals surface area (Å²) in [6, 6.07) is 3.61. The van der Waals surface area contributed by atoms with Gasteiger partial charge in [0.2, 0.25) is 0 Å². The molecule has 0 amide bonds. The fourth-order valence-corrected chi connectivity index (χ4v) is 2.05. The highest BCUT2D eigenvalue weighted by Crippen LogP contribution is 2.18. The van der Waals surface area contributed by atoms with E-state index in [0.29, 0.717) is 0 Å². The summed E-state index contributed by atoms with van der Waals surface area (Å²) >= 11 is 0. The molecule has 3 nitrogen and oxygen atoms in total. The van der Waals surface area contributed by atoms with Gasteiger partial charge in [-0.25, -0.2) is 8.78 Å². The lowest BCUT2D eigenvalue weighted by Gasteiger charge is -2.04. The fraction of sp³-hybridized carbons (Fsp3) is 0.286. The van der Waals surface area contributed by atoms with Gasteiger partial charge in [-0.05, 0) is 26.0 Å². The van der Waals surface area contributed by atoms with Gasteiger partial charge in [0.25, 0.3) is 0 Å². The quantitative estimate of drug-likeness (QED) is 0.799. The average Bonchev–Trinajstić information content (AvgIpc) is 2.59. The minimum Gasteiger partial charge on any atom is -0.294 e. The second kappa shape index (κ2) is 4.91. The first kappa shape index (κ1) is 13.4. The van der Waals surface area contributed by atoms with Gasteiger partial charge in [-0.2, -0.15) is 5.10 Å². The number of carbonyl (C=O) groups excluding carboxylic acids is 1. The SMILES string of the molecule is Cc1nn(C)c(C)c1CC(=O)c1cccc(F)c1F. The van der Waals surface area contributed by atoms with Crippen molar-refractivity contribution in [3.05, 3.63) is 52.3 Å². The fourth-order valence-electron chi connectivity index (χ4n) is 2.05. The zero-order valence-corrected chi connectivity index (χ0v) is 11.0. The van der Waals surface area contributed by atoms with Gasteiger partial charge >= 0.3 is 0 Å². The van der Waals surface area contributed by atoms with Crippen molar-refractivity contribution in [1.82, 2.24) is 9.78 Å². The molecule has 2 rings (SSSR count). The molecular weight excluding hydrogens is 250 g/mol. The predicted octanol–water partition coefficient (Wildman–Crippen LogP) is 2.74. The van der Waals surface area contributed by atoms with Crippen LogP contribution in [0.4, 0.5) is 8.78 Å². The van der Waals surface area contributed by atoms with Crippen molar-refractivity contribution in [2.75, 3.05) is 0 Å². The lowest BCUT2D eigenvalue weighted by molar-refractivity contribution is 0.0987. The molecule has 0 saturated carbocycles. The Morgan fingerprint density at radius 3 is 2.58 bits per heavy atom. The van der Waals surface area contributed by atoms with Gasteiger partial charge in [0.1, 0.15) is 0 Å². The highest BCUT2D eigenvalue weighted by molar-refractivity contribution is 5.98. The molecule has 1 aromatic carbocycles. The largest absolute Gasteiger partial charge is 0.294 e. The van der Waals surface area contributed by atoms with E-state index in [-0.39, 0.29) is 12.0 Å². The first-order valence-electron chi connectivity index (χ1n) is 5.88. The minimum absolute atomic E-state index is 0.0197. The van der Waals surface area contributed by atoms with Gasteiger partial charge in [0, 0.05) is 24.7 Å². The summed E-state index contributed by atoms with van der Waals surface area (Å²) in [6.45, 7) is 3.63. The number of hydrogen-bond acceptors (Lipinski definition) is 2. The van der Waals surface area contributed by atoms with Crippen LogP contribution in [-0.2, 0) is 13.5 Å². The molecule has 1 aromatic heterocycles. The highest BCUT2D eigenvalue weighted by atomic mass is 19.2. The maximum absolute atomic E-state index is 13.5. The third-order valence-corrected chi connectivity index (χ3v) is 3.25. The van der Waals surface area contributed by atoms with Gasteiger partial charge in [-0.3, -0.25) is 9.48 Å². The number of ketones is 1. The van der Waals surface area contributed by atoms with Gasteiger partial charge in [0.05, 0.1) is 11.3 Å². The van der Waals surface area contributed by atoms with E-state index in [0.717, 1.165) is 23.0 Å². The molecule has 19 heavy (non-hydrogen) atoms. The average molecular weight is 264 g/mol. The number of nitrogens with zero attached hydrogens (tertiary/aromatic N) is 2. The van der Waals surface area contributed by atoms with Crippen molar-refractivity contribution in [2.45, 2.75) is 20.3 Å². The number of rotatable bonds is 3. The predicted molar refractivity (Wildman–Crippen MR) is 67.1 cm³/mol. The number of carbonyl (C=O) groups is 1. The minimum atomic E-state index is -1.09. The van der Waals surface area contributed by atoms with E-state index in [2.05, 4.69) is 5.10 Å². The maximum atomic E-state index is 13.5. The Balaban J connectivity index is 2.34. The smallest absolute Gasteiger partial charge is 0.170 e. The third-order valence-electron chi connectivity index (χ3n) is 3.25. The molecule has 0 radical (unpaired) electrons. The van der Waals surface area contributed by atoms with Crippen LogP contribution in [0.15, 0.2) is 18.2 Å². The molecule has 100 valence electrons. The number of hydrogen-bond donors (Lipinski definition) is 0. The van der Waals surface area contributed by atoms with Gasteiger partial charge in [0.15, 0.2) is 17.4 Å². The monoisotopic (exact) mass is 264 g/mol. The Hall–Kier alpha value is -2.04. The van der Waals surface area contributed by atoms with Gasteiger partial charge in [-0.15, -0.1) is 0 Å². The first-order chi connectivity index (χ1) is 8.91. The normalized spacial score (nSPS) is 10.8. The Morgan fingerprint density at radius 2 is 2.00 bits per heavy atom. The van der Waals surface area contributed by atoms with Crippen molar-refractivity contribution < 1.29 is 13.6 Å². The van der Waals surface area contributed by atoms with Crippen molar-refractivity contribution in [1.29, 1.82) is 0 Å². The number of aromatic nitrogens is 2. The van der Waals surface area contributed by atoms with Gasteiger partial charge < -0.3 is 0 Å². The molecule has 0 aliphatic rings. The van der Waals surface area contributed by atoms with Crippen LogP contribution < -0.4 is 0 Å². The third kappa shape index (κ3) is 2.41. The molecule has 5 heteroatoms. The number of benzene rings is 1. The summed E-state index contributed by atoms with van der Waals surface area (Å²) in [5.74, 6) is -2.55. The zero-order chi connectivity index (χ0) is 14.2. The number of Topliss-reactive ketones (excluding diaryl/α,β-unsaturated/α-hetero) is 1. The van der Waals surface area contributed by atoms with E-state index in [4.69, 9.17) is 0 Å². The number of aryl methyl sites for hydroxylation is 2. The Bertz CT molecular complexity index is 647. The van der Waals surface area contributed by atoms with E-state index < -0.39 is 17.4 Å². The molecule has 0 spiro atoms. The molecule has 0 aliphatic heterocycles. The second-order valence-corrected chi connectivity index (χ2v) is 4.47. The Labute approximate surface area is 109 Å². The summed E-state index contributed by atoms with van der Waals surface area (Å²) in [4.78, 5) is 12.1. The lowest BCUT2D eigenvalue weighted by Crippen LogP contribution is -2.09. The molecule has 0 N–H and O–H groups in total. The molecule has 1 heterocycles. The summed E-state index contributed by atoms with van der Waals surface area (Å²) in [7, 11) is 1.78. The van der Waals surface area contributed by atoms with Crippen molar-refractivity contribution in [3.63, 3.8) is 0 Å². The van der Waals surface area contributed by atoms with Crippen LogP contribution in [0.1, 0.15) is 27.3 Å². The van der Waals surface area contributed by atoms with E-state index >= 15 is 0 Å². The van der Waals surface area contributed by atoms with Crippen LogP contribution in [0.25, 0.3) is 0 Å². The van der Waals surface area contributed by atoms with Crippen LogP contribution >= 0.6 is 0 Å². The van der Waals surface area contributed by atoms with Crippen LogP contribution in [0.2, 0.25) is 0 Å². The van der Waals surface area contributed by atoms with Crippen LogP contribution in [0.3, 0.4) is 0 Å². The lowest BCUT2D eigenvalue weighted by atomic mass is 10.0. The van der Waals surface area contributed by atoms with E-state index in [1.807, 2.05) is 6.92 Å². The molecule has 0 bridgehead atoms. The van der Waals surface area contributed by atoms with Gasteiger partial charge in [-0.1, -0.05) is 6.07 Å². The van der Waals surface area contributed by atoms with E-state index in [1.165, 1.54) is 12.1 Å². The summed E-state index contributed by atoms with van der Waals surface area (Å²) < 4.78 is 28.3. The van der Waals surface area contributed by atoms with Crippen molar-refractivity contribution in [2.24, 2.45) is 7.05 Å². The van der Waals surface area contributed by atoms with Crippen LogP contribution in [0, 0.1) is 25.5 Å². The summed E-state index contributed by atoms with van der Waals surface area (Å²) in [5, 5.41) is 4.19. The standard InChI is InChI=1S/C14H14F2N2O/c1-8-11(9(2)18(3)17-8)7-13(19)10-5-4-6-12(15)14(10)16/h4-6H,7H2,1-3H3. The van der Waals surface area contributed by atoms with Crippen molar-refractivity contribution >= 4 is 5.78 Å². The molecule has 0 unspecified atom stereocenters. The zero-order valence-electron chi connectivity index (χ0n) is 11.0. The van der Waals surface area contributed by atoms with Crippen LogP contribution in [-0.4, -0.2) is 15.6 Å². The molecule has 0 fully saturated rings. The van der Waals surface area contributed by atoms with E-state index in [9.17, 15) is 13.6 Å². The Morgan fingerprint density at radius 1 is 1.32 bits per heavy atom. The topological polar surface area (TPSA) is 34.9 Å². The molecule has 0 aliphatic carbocycles. The Kier molecular flexibility index (Phi) is 3.46. The summed E-state index contributed by atoms with van der Waals surface area (Å²) in [5.41, 5.74) is 2.12. The molecule has 2 aromatic rings. The maximum Gasteiger partial charge on any atom is 0.170 e. The second-order valence-electron chi connectivity index (χ2n) is 4.47. The number of halogens is 2. The van der Waals surface area contributed by atoms with Crippen molar-refractivity contribution in [3.8, 4) is 0 Å². The van der Waals surface area contributed by atoms with E-state index in [1.54, 1.807) is 18.7 Å². The highest BCUT2D eigenvalue weighted by Gasteiger charge is 2.19.